The Balaban J connectivity index is 1.68. The molecule has 0 saturated carbocycles. The highest BCUT2D eigenvalue weighted by Gasteiger charge is 2.20. The molecule has 3 rings (SSSR count). The summed E-state index contributed by atoms with van der Waals surface area (Å²) in [6.45, 7) is 1.80. The molecular formula is C16H16BrN3O2S. The van der Waals surface area contributed by atoms with Gasteiger partial charge in [0, 0.05) is 15.7 Å². The number of hydrogen-bond acceptors (Lipinski definition) is 4. The van der Waals surface area contributed by atoms with Crippen LogP contribution in [0.15, 0.2) is 38.7 Å². The summed E-state index contributed by atoms with van der Waals surface area (Å²) in [7, 11) is 0. The summed E-state index contributed by atoms with van der Waals surface area (Å²) in [5.41, 5.74) is 2.33. The quantitative estimate of drug-likeness (QED) is 0.617. The topological polar surface area (TPSA) is 74.8 Å². The molecule has 0 radical (unpaired) electrons. The molecule has 1 amide bonds. The third kappa shape index (κ3) is 3.84. The van der Waals surface area contributed by atoms with Crippen molar-refractivity contribution in [2.75, 3.05) is 5.32 Å². The van der Waals surface area contributed by atoms with Gasteiger partial charge in [0.2, 0.25) is 5.91 Å². The molecule has 2 N–H and O–H groups in total. The smallest absolute Gasteiger partial charge is 0.254 e. The maximum absolute atomic E-state index is 12.3. The fourth-order valence-electron chi connectivity index (χ4n) is 2.47. The van der Waals surface area contributed by atoms with E-state index < -0.39 is 0 Å². The van der Waals surface area contributed by atoms with Gasteiger partial charge in [-0.2, -0.15) is 0 Å². The monoisotopic (exact) mass is 393 g/mol. The zero-order valence-corrected chi connectivity index (χ0v) is 15.0. The van der Waals surface area contributed by atoms with Crippen molar-refractivity contribution >= 4 is 39.3 Å². The van der Waals surface area contributed by atoms with E-state index in [-0.39, 0.29) is 16.7 Å². The van der Waals surface area contributed by atoms with Crippen molar-refractivity contribution in [1.29, 1.82) is 0 Å². The van der Waals surface area contributed by atoms with Crippen LogP contribution in [0.4, 0.5) is 5.69 Å². The number of aryl methyl sites for hydroxylation is 1. The maximum atomic E-state index is 12.3. The summed E-state index contributed by atoms with van der Waals surface area (Å²) in [6.07, 6.45) is 2.60. The van der Waals surface area contributed by atoms with Gasteiger partial charge in [0.15, 0.2) is 5.16 Å². The number of carbonyl (C=O) groups excluding carboxylic acids is 1. The fourth-order valence-corrected chi connectivity index (χ4v) is 3.55. The van der Waals surface area contributed by atoms with Crippen LogP contribution in [0.3, 0.4) is 0 Å². The van der Waals surface area contributed by atoms with E-state index in [2.05, 4.69) is 31.2 Å². The lowest BCUT2D eigenvalue weighted by molar-refractivity contribution is -0.115. The Bertz CT molecular complexity index is 789. The second kappa shape index (κ2) is 6.88. The van der Waals surface area contributed by atoms with Crippen LogP contribution >= 0.6 is 27.7 Å². The van der Waals surface area contributed by atoms with Crippen molar-refractivity contribution in [3.8, 4) is 0 Å². The summed E-state index contributed by atoms with van der Waals surface area (Å²) in [6, 6.07) is 7.39. The molecule has 7 heteroatoms. The zero-order valence-electron chi connectivity index (χ0n) is 12.6. The highest BCUT2D eigenvalue weighted by atomic mass is 79.9. The Morgan fingerprint density at radius 3 is 2.83 bits per heavy atom. The lowest BCUT2D eigenvalue weighted by Crippen LogP contribution is -2.23. The van der Waals surface area contributed by atoms with E-state index in [1.807, 2.05) is 24.3 Å². The van der Waals surface area contributed by atoms with Gasteiger partial charge < -0.3 is 10.3 Å². The largest absolute Gasteiger partial charge is 0.325 e. The van der Waals surface area contributed by atoms with E-state index in [0.29, 0.717) is 5.16 Å². The summed E-state index contributed by atoms with van der Waals surface area (Å²) in [5, 5.41) is 3.00. The zero-order chi connectivity index (χ0) is 16.4. The summed E-state index contributed by atoms with van der Waals surface area (Å²) >= 11 is 4.62. The minimum absolute atomic E-state index is 0.0736. The first kappa shape index (κ1) is 16.3. The van der Waals surface area contributed by atoms with Gasteiger partial charge >= 0.3 is 0 Å². The van der Waals surface area contributed by atoms with Crippen molar-refractivity contribution < 1.29 is 4.79 Å². The summed E-state index contributed by atoms with van der Waals surface area (Å²) in [4.78, 5) is 31.5. The van der Waals surface area contributed by atoms with Crippen molar-refractivity contribution in [2.24, 2.45) is 0 Å². The molecule has 0 fully saturated rings. The molecule has 23 heavy (non-hydrogen) atoms. The lowest BCUT2D eigenvalue weighted by atomic mass is 10.3. The third-order valence-electron chi connectivity index (χ3n) is 3.69. The SMILES string of the molecule is C[C@@H](Sc1nc2c(c(=O)[nH]1)CCC2)C(=O)Nc1ccc(Br)cc1. The molecule has 1 atom stereocenters. The number of anilines is 1. The molecular weight excluding hydrogens is 378 g/mol. The lowest BCUT2D eigenvalue weighted by Gasteiger charge is -2.12. The number of H-pyrrole nitrogens is 1. The van der Waals surface area contributed by atoms with Gasteiger partial charge in [-0.05, 0) is 50.5 Å². The van der Waals surface area contributed by atoms with Crippen molar-refractivity contribution in [3.05, 3.63) is 50.3 Å². The molecule has 120 valence electrons. The van der Waals surface area contributed by atoms with Crippen LogP contribution in [0, 0.1) is 0 Å². The van der Waals surface area contributed by atoms with Gasteiger partial charge in [-0.1, -0.05) is 27.7 Å². The minimum Gasteiger partial charge on any atom is -0.325 e. The van der Waals surface area contributed by atoms with E-state index in [4.69, 9.17) is 0 Å². The normalized spacial score (nSPS) is 14.3. The molecule has 1 aliphatic carbocycles. The number of benzene rings is 1. The van der Waals surface area contributed by atoms with Crippen LogP contribution in [0.25, 0.3) is 0 Å². The number of amides is 1. The van der Waals surface area contributed by atoms with E-state index in [1.54, 1.807) is 6.92 Å². The molecule has 1 aromatic carbocycles. The van der Waals surface area contributed by atoms with Gasteiger partial charge in [-0.15, -0.1) is 0 Å². The van der Waals surface area contributed by atoms with Gasteiger partial charge in [0.05, 0.1) is 10.9 Å². The second-order valence-corrected chi connectivity index (χ2v) is 7.65. The summed E-state index contributed by atoms with van der Waals surface area (Å²) in [5.74, 6) is -0.125. The number of rotatable bonds is 4. The minimum atomic E-state index is -0.360. The fraction of sp³-hybridized carbons (Fsp3) is 0.312. The molecule has 5 nitrogen and oxygen atoms in total. The summed E-state index contributed by atoms with van der Waals surface area (Å²) < 4.78 is 0.956. The molecule has 1 aromatic heterocycles. The van der Waals surface area contributed by atoms with E-state index >= 15 is 0 Å². The van der Waals surface area contributed by atoms with Crippen LogP contribution in [0.2, 0.25) is 0 Å². The van der Waals surface area contributed by atoms with Crippen LogP contribution in [0.5, 0.6) is 0 Å². The number of aromatic nitrogens is 2. The van der Waals surface area contributed by atoms with Crippen LogP contribution in [-0.4, -0.2) is 21.1 Å². The Morgan fingerprint density at radius 2 is 2.09 bits per heavy atom. The number of hydrogen-bond donors (Lipinski definition) is 2. The average Bonchev–Trinajstić information content (AvgIpc) is 2.98. The van der Waals surface area contributed by atoms with Crippen molar-refractivity contribution in [1.82, 2.24) is 9.97 Å². The molecule has 1 aliphatic rings. The Hall–Kier alpha value is -1.60. The standard InChI is InChI=1S/C16H16BrN3O2S/c1-9(14(21)18-11-7-5-10(17)6-8-11)23-16-19-13-4-2-3-12(13)15(22)20-16/h5-9H,2-4H2,1H3,(H,18,21)(H,19,20,22)/t9-/m1/s1. The molecule has 0 saturated heterocycles. The molecule has 1 heterocycles. The van der Waals surface area contributed by atoms with Crippen LogP contribution in [-0.2, 0) is 17.6 Å². The first-order chi connectivity index (χ1) is 11.0. The van der Waals surface area contributed by atoms with E-state index in [9.17, 15) is 9.59 Å². The van der Waals surface area contributed by atoms with E-state index in [0.717, 1.165) is 40.7 Å². The Labute approximate surface area is 146 Å². The highest BCUT2D eigenvalue weighted by molar-refractivity contribution is 9.10. The first-order valence-electron chi connectivity index (χ1n) is 7.38. The van der Waals surface area contributed by atoms with Crippen LogP contribution < -0.4 is 10.9 Å². The number of fused-ring (bicyclic) bond motifs is 1. The van der Waals surface area contributed by atoms with Crippen LogP contribution in [0.1, 0.15) is 24.6 Å². The van der Waals surface area contributed by atoms with Crippen molar-refractivity contribution in [2.45, 2.75) is 36.6 Å². The number of thioether (sulfide) groups is 1. The third-order valence-corrected chi connectivity index (χ3v) is 5.20. The number of carbonyl (C=O) groups is 1. The predicted molar refractivity (Wildman–Crippen MR) is 95.0 cm³/mol. The number of aromatic amines is 1. The number of nitrogens with zero attached hydrogens (tertiary/aromatic N) is 1. The number of halogens is 1. The average molecular weight is 394 g/mol. The van der Waals surface area contributed by atoms with Gasteiger partial charge in [-0.25, -0.2) is 4.98 Å². The van der Waals surface area contributed by atoms with Crippen molar-refractivity contribution in [3.63, 3.8) is 0 Å². The van der Waals surface area contributed by atoms with Gasteiger partial charge in [-0.3, -0.25) is 9.59 Å². The molecule has 2 aromatic rings. The Kier molecular flexibility index (Phi) is 4.87. The predicted octanol–water partition coefficient (Wildman–Crippen LogP) is 3.14. The van der Waals surface area contributed by atoms with E-state index in [1.165, 1.54) is 11.8 Å². The van der Waals surface area contributed by atoms with Gasteiger partial charge in [0.1, 0.15) is 0 Å². The molecule has 0 bridgehead atoms. The molecule has 0 spiro atoms. The molecule has 0 aliphatic heterocycles. The highest BCUT2D eigenvalue weighted by Crippen LogP contribution is 2.23. The first-order valence-corrected chi connectivity index (χ1v) is 9.05. The van der Waals surface area contributed by atoms with Gasteiger partial charge in [0.25, 0.3) is 5.56 Å². The Morgan fingerprint density at radius 1 is 1.35 bits per heavy atom. The molecule has 0 unspecified atom stereocenters. The number of nitrogens with one attached hydrogen (secondary N) is 2. The second-order valence-electron chi connectivity index (χ2n) is 5.41. The maximum Gasteiger partial charge on any atom is 0.254 e.